The van der Waals surface area contributed by atoms with Crippen molar-refractivity contribution in [3.05, 3.63) is 78.9 Å². The van der Waals surface area contributed by atoms with Gasteiger partial charge in [-0.3, -0.25) is 4.79 Å². The summed E-state index contributed by atoms with van der Waals surface area (Å²) in [5.41, 5.74) is 1.55. The summed E-state index contributed by atoms with van der Waals surface area (Å²) in [4.78, 5) is 25.8. The first kappa shape index (κ1) is 20.0. The average Bonchev–Trinajstić information content (AvgIpc) is 2.71. The van der Waals surface area contributed by atoms with E-state index in [-0.39, 0.29) is 5.91 Å². The van der Waals surface area contributed by atoms with E-state index >= 15 is 0 Å². The van der Waals surface area contributed by atoms with E-state index in [1.54, 1.807) is 38.3 Å². The smallest absolute Gasteiger partial charge is 0.331 e. The number of likely N-dealkylation sites (N-methyl/N-ethyl adjacent to an activating group) is 1. The lowest BCUT2D eigenvalue weighted by Crippen LogP contribution is -2.37. The van der Waals surface area contributed by atoms with Gasteiger partial charge in [0.05, 0.1) is 0 Å². The van der Waals surface area contributed by atoms with Crippen LogP contribution >= 0.6 is 0 Å². The maximum Gasteiger partial charge on any atom is 0.331 e. The number of hydrogen-bond acceptors (Lipinski definition) is 4. The highest BCUT2D eigenvalue weighted by Gasteiger charge is 2.21. The minimum atomic E-state index is -0.887. The van der Waals surface area contributed by atoms with E-state index in [2.05, 4.69) is 6.58 Å². The van der Waals surface area contributed by atoms with Crippen molar-refractivity contribution in [2.24, 2.45) is 0 Å². The molecule has 0 aliphatic carbocycles. The molecule has 5 nitrogen and oxygen atoms in total. The monoisotopic (exact) mass is 365 g/mol. The molecule has 0 saturated heterocycles. The van der Waals surface area contributed by atoms with Crippen molar-refractivity contribution in [1.29, 1.82) is 0 Å². The van der Waals surface area contributed by atoms with Gasteiger partial charge in [-0.15, -0.1) is 0 Å². The topological polar surface area (TPSA) is 55.8 Å². The van der Waals surface area contributed by atoms with Crippen LogP contribution in [0.3, 0.4) is 0 Å². The molecule has 2 aromatic rings. The number of esters is 1. The number of hydrogen-bond donors (Lipinski definition) is 0. The Morgan fingerprint density at radius 1 is 1.11 bits per heavy atom. The van der Waals surface area contributed by atoms with E-state index in [0.29, 0.717) is 6.61 Å². The molecule has 2 aromatic carbocycles. The van der Waals surface area contributed by atoms with Crippen LogP contribution in [0.25, 0.3) is 6.08 Å². The Morgan fingerprint density at radius 2 is 1.78 bits per heavy atom. The molecule has 140 valence electrons. The summed E-state index contributed by atoms with van der Waals surface area (Å²) < 4.78 is 10.6. The highest BCUT2D eigenvalue weighted by atomic mass is 16.5. The fraction of sp³-hybridized carbons (Fsp3) is 0.182. The van der Waals surface area contributed by atoms with E-state index in [1.807, 2.05) is 42.5 Å². The third-order valence-corrected chi connectivity index (χ3v) is 3.77. The summed E-state index contributed by atoms with van der Waals surface area (Å²) in [6.45, 7) is 5.58. The summed E-state index contributed by atoms with van der Waals surface area (Å²) in [6.07, 6.45) is 3.70. The van der Waals surface area contributed by atoms with Crippen molar-refractivity contribution in [3.8, 4) is 5.75 Å². The molecular weight excluding hydrogens is 342 g/mol. The lowest BCUT2D eigenvalue weighted by Gasteiger charge is -2.21. The van der Waals surface area contributed by atoms with Crippen LogP contribution in [0.4, 0.5) is 5.69 Å². The summed E-state index contributed by atoms with van der Waals surface area (Å²) in [7, 11) is 1.65. The first-order valence-electron chi connectivity index (χ1n) is 8.56. The van der Waals surface area contributed by atoms with Crippen molar-refractivity contribution in [1.82, 2.24) is 0 Å². The molecule has 0 aliphatic rings. The number of ether oxygens (including phenoxy) is 2. The Hall–Kier alpha value is -3.34. The van der Waals surface area contributed by atoms with Gasteiger partial charge in [0.1, 0.15) is 12.4 Å². The molecule has 0 heterocycles. The normalized spacial score (nSPS) is 11.6. The molecule has 1 atom stereocenters. The number of amides is 1. The van der Waals surface area contributed by atoms with Crippen LogP contribution in [0.2, 0.25) is 0 Å². The van der Waals surface area contributed by atoms with Crippen LogP contribution in [-0.4, -0.2) is 31.6 Å². The van der Waals surface area contributed by atoms with E-state index in [9.17, 15) is 9.59 Å². The molecule has 0 aliphatic heterocycles. The Bertz CT molecular complexity index is 797. The largest absolute Gasteiger partial charge is 0.490 e. The lowest BCUT2D eigenvalue weighted by molar-refractivity contribution is -0.148. The molecule has 5 heteroatoms. The predicted octanol–water partition coefficient (Wildman–Crippen LogP) is 3.86. The average molecular weight is 365 g/mol. The second-order valence-corrected chi connectivity index (χ2v) is 5.81. The molecule has 0 unspecified atom stereocenters. The second kappa shape index (κ2) is 9.97. The van der Waals surface area contributed by atoms with Gasteiger partial charge < -0.3 is 14.4 Å². The van der Waals surface area contributed by atoms with Gasteiger partial charge in [-0.2, -0.15) is 0 Å². The van der Waals surface area contributed by atoms with Gasteiger partial charge in [0.2, 0.25) is 0 Å². The van der Waals surface area contributed by atoms with Crippen molar-refractivity contribution >= 4 is 23.6 Å². The van der Waals surface area contributed by atoms with E-state index in [4.69, 9.17) is 9.47 Å². The molecule has 27 heavy (non-hydrogen) atoms. The highest BCUT2D eigenvalue weighted by molar-refractivity contribution is 5.98. The highest BCUT2D eigenvalue weighted by Crippen LogP contribution is 2.15. The molecule has 0 fully saturated rings. The molecule has 0 aromatic heterocycles. The number of anilines is 1. The van der Waals surface area contributed by atoms with Crippen LogP contribution in [0, 0.1) is 0 Å². The van der Waals surface area contributed by atoms with Gasteiger partial charge in [-0.25, -0.2) is 4.79 Å². The van der Waals surface area contributed by atoms with E-state index in [0.717, 1.165) is 17.0 Å². The first-order chi connectivity index (χ1) is 13.0. The van der Waals surface area contributed by atoms with E-state index < -0.39 is 12.1 Å². The van der Waals surface area contributed by atoms with Crippen molar-refractivity contribution < 1.29 is 19.1 Å². The third-order valence-electron chi connectivity index (χ3n) is 3.77. The van der Waals surface area contributed by atoms with Gasteiger partial charge in [-0.1, -0.05) is 43.0 Å². The summed E-state index contributed by atoms with van der Waals surface area (Å²) in [5.74, 6) is -0.159. The number of nitrogens with zero attached hydrogens (tertiary/aromatic N) is 1. The number of benzene rings is 2. The fourth-order valence-corrected chi connectivity index (χ4v) is 2.31. The molecule has 0 N–H and O–H groups in total. The fourth-order valence-electron chi connectivity index (χ4n) is 2.31. The number of carbonyl (C=O) groups is 2. The molecule has 0 spiro atoms. The predicted molar refractivity (Wildman–Crippen MR) is 107 cm³/mol. The second-order valence-electron chi connectivity index (χ2n) is 5.81. The van der Waals surface area contributed by atoms with Crippen LogP contribution in [-0.2, 0) is 14.3 Å². The van der Waals surface area contributed by atoms with Crippen LogP contribution in [0.1, 0.15) is 12.5 Å². The van der Waals surface area contributed by atoms with Gasteiger partial charge in [-0.05, 0) is 42.8 Å². The Kier molecular flexibility index (Phi) is 7.37. The molecule has 1 amide bonds. The summed E-state index contributed by atoms with van der Waals surface area (Å²) in [6, 6.07) is 16.4. The maximum absolute atomic E-state index is 12.4. The molecular formula is C22H23NO4. The van der Waals surface area contributed by atoms with Gasteiger partial charge >= 0.3 is 5.97 Å². The Labute approximate surface area is 159 Å². The first-order valence-corrected chi connectivity index (χ1v) is 8.56. The number of para-hydroxylation sites is 1. The van der Waals surface area contributed by atoms with E-state index in [1.165, 1.54) is 11.0 Å². The molecule has 0 radical (unpaired) electrons. The zero-order chi connectivity index (χ0) is 19.6. The minimum Gasteiger partial charge on any atom is -0.490 e. The van der Waals surface area contributed by atoms with Crippen molar-refractivity contribution in [3.63, 3.8) is 0 Å². The number of carbonyl (C=O) groups excluding carboxylic acids is 2. The van der Waals surface area contributed by atoms with Crippen LogP contribution in [0.5, 0.6) is 5.75 Å². The standard InChI is InChI=1S/C22H23NO4/c1-4-16-26-20-13-10-18(11-14-20)12-15-21(24)27-17(2)22(25)23(3)19-8-6-5-7-9-19/h4-15,17H,1,16H2,2-3H3/b15-12+/t17-/m1/s1. The quantitative estimate of drug-likeness (QED) is 0.405. The zero-order valence-corrected chi connectivity index (χ0v) is 15.5. The van der Waals surface area contributed by atoms with Gasteiger partial charge in [0.25, 0.3) is 5.91 Å². The van der Waals surface area contributed by atoms with Gasteiger partial charge in [0, 0.05) is 18.8 Å². The minimum absolute atomic E-state index is 0.299. The van der Waals surface area contributed by atoms with Gasteiger partial charge in [0.15, 0.2) is 6.10 Å². The van der Waals surface area contributed by atoms with Crippen molar-refractivity contribution in [2.45, 2.75) is 13.0 Å². The Morgan fingerprint density at radius 3 is 2.41 bits per heavy atom. The lowest BCUT2D eigenvalue weighted by atomic mass is 10.2. The van der Waals surface area contributed by atoms with Crippen LogP contribution in [0.15, 0.2) is 73.3 Å². The van der Waals surface area contributed by atoms with Crippen molar-refractivity contribution in [2.75, 3.05) is 18.6 Å². The zero-order valence-electron chi connectivity index (χ0n) is 15.5. The summed E-state index contributed by atoms with van der Waals surface area (Å²) in [5, 5.41) is 0. The van der Waals surface area contributed by atoms with Crippen LogP contribution < -0.4 is 9.64 Å². The number of rotatable bonds is 8. The summed E-state index contributed by atoms with van der Waals surface area (Å²) >= 11 is 0. The SMILES string of the molecule is C=CCOc1ccc(/C=C/C(=O)O[C@H](C)C(=O)N(C)c2ccccc2)cc1. The Balaban J connectivity index is 1.89. The molecule has 0 bridgehead atoms. The maximum atomic E-state index is 12.4. The third kappa shape index (κ3) is 6.15. The molecule has 0 saturated carbocycles. The molecule has 2 rings (SSSR count).